The van der Waals surface area contributed by atoms with Crippen molar-refractivity contribution in [1.82, 2.24) is 0 Å². The van der Waals surface area contributed by atoms with Crippen LogP contribution in [0.15, 0.2) is 0 Å². The maximum absolute atomic E-state index is 11.8. The molecule has 0 aliphatic rings. The van der Waals surface area contributed by atoms with Crippen LogP contribution in [0.1, 0.15) is 13.3 Å². The SMILES string of the molecule is COCC(C)C(N)CC(F)(F)F. The van der Waals surface area contributed by atoms with Crippen LogP contribution in [0.2, 0.25) is 0 Å². The highest BCUT2D eigenvalue weighted by molar-refractivity contribution is 4.72. The van der Waals surface area contributed by atoms with Crippen LogP contribution in [-0.2, 0) is 4.74 Å². The fraction of sp³-hybridized carbons (Fsp3) is 1.00. The molecule has 0 fully saturated rings. The number of nitrogens with two attached hydrogens (primary N) is 1. The molecule has 2 N–H and O–H groups in total. The second kappa shape index (κ2) is 4.67. The van der Waals surface area contributed by atoms with E-state index in [2.05, 4.69) is 0 Å². The number of ether oxygens (including phenoxy) is 1. The molecule has 0 amide bonds. The van der Waals surface area contributed by atoms with Crippen LogP contribution in [0.3, 0.4) is 0 Å². The first-order chi connectivity index (χ1) is 5.37. The molecule has 2 atom stereocenters. The zero-order valence-corrected chi connectivity index (χ0v) is 7.19. The monoisotopic (exact) mass is 185 g/mol. The predicted molar refractivity (Wildman–Crippen MR) is 39.7 cm³/mol. The van der Waals surface area contributed by atoms with Crippen molar-refractivity contribution in [2.75, 3.05) is 13.7 Å². The van der Waals surface area contributed by atoms with Gasteiger partial charge in [-0.15, -0.1) is 0 Å². The number of methoxy groups -OCH3 is 1. The lowest BCUT2D eigenvalue weighted by Crippen LogP contribution is -2.35. The Kier molecular flexibility index (Phi) is 4.55. The summed E-state index contributed by atoms with van der Waals surface area (Å²) >= 11 is 0. The Balaban J connectivity index is 3.78. The van der Waals surface area contributed by atoms with Crippen molar-refractivity contribution in [2.45, 2.75) is 25.6 Å². The van der Waals surface area contributed by atoms with Gasteiger partial charge in [-0.25, -0.2) is 0 Å². The first-order valence-corrected chi connectivity index (χ1v) is 3.68. The predicted octanol–water partition coefficient (Wildman–Crippen LogP) is 1.55. The lowest BCUT2D eigenvalue weighted by molar-refractivity contribution is -0.141. The Morgan fingerprint density at radius 2 is 1.92 bits per heavy atom. The number of rotatable bonds is 4. The molecule has 0 radical (unpaired) electrons. The third kappa shape index (κ3) is 5.37. The average molecular weight is 185 g/mol. The Morgan fingerprint density at radius 1 is 1.42 bits per heavy atom. The summed E-state index contributed by atoms with van der Waals surface area (Å²) in [7, 11) is 1.44. The molecule has 2 unspecified atom stereocenters. The van der Waals surface area contributed by atoms with Gasteiger partial charge < -0.3 is 10.5 Å². The van der Waals surface area contributed by atoms with Gasteiger partial charge in [0.15, 0.2) is 0 Å². The zero-order chi connectivity index (χ0) is 9.78. The lowest BCUT2D eigenvalue weighted by Gasteiger charge is -2.20. The van der Waals surface area contributed by atoms with E-state index in [1.54, 1.807) is 6.92 Å². The first kappa shape index (κ1) is 11.7. The van der Waals surface area contributed by atoms with Gasteiger partial charge in [-0.3, -0.25) is 0 Å². The molecule has 5 heteroatoms. The van der Waals surface area contributed by atoms with Gasteiger partial charge in [-0.2, -0.15) is 13.2 Å². The summed E-state index contributed by atoms with van der Waals surface area (Å²) < 4.78 is 40.0. The Labute approximate surface area is 69.9 Å². The van der Waals surface area contributed by atoms with Gasteiger partial charge in [0.05, 0.1) is 13.0 Å². The van der Waals surface area contributed by atoms with Crippen LogP contribution in [0.5, 0.6) is 0 Å². The van der Waals surface area contributed by atoms with Gasteiger partial charge in [0, 0.05) is 13.2 Å². The average Bonchev–Trinajstić information content (AvgIpc) is 1.84. The molecule has 0 rings (SSSR count). The van der Waals surface area contributed by atoms with E-state index in [0.717, 1.165) is 0 Å². The smallest absolute Gasteiger partial charge is 0.384 e. The van der Waals surface area contributed by atoms with E-state index >= 15 is 0 Å². The maximum Gasteiger partial charge on any atom is 0.390 e. The molecule has 2 nitrogen and oxygen atoms in total. The Morgan fingerprint density at radius 3 is 2.25 bits per heavy atom. The number of hydrogen-bond donors (Lipinski definition) is 1. The minimum atomic E-state index is -4.18. The molecule has 12 heavy (non-hydrogen) atoms. The van der Waals surface area contributed by atoms with Crippen LogP contribution in [0, 0.1) is 5.92 Å². The van der Waals surface area contributed by atoms with Crippen molar-refractivity contribution in [3.8, 4) is 0 Å². The molecule has 0 heterocycles. The molecule has 74 valence electrons. The number of alkyl halides is 3. The third-order valence-corrected chi connectivity index (χ3v) is 1.63. The standard InChI is InChI=1S/C7H14F3NO/c1-5(4-12-2)6(11)3-7(8,9)10/h5-6H,3-4,11H2,1-2H3. The van der Waals surface area contributed by atoms with E-state index in [1.807, 2.05) is 0 Å². The molecular weight excluding hydrogens is 171 g/mol. The zero-order valence-electron chi connectivity index (χ0n) is 7.19. The molecule has 0 aromatic carbocycles. The van der Waals surface area contributed by atoms with E-state index in [9.17, 15) is 13.2 Å². The summed E-state index contributed by atoms with van der Waals surface area (Å²) in [6.07, 6.45) is -5.13. The molecular formula is C7H14F3NO. The van der Waals surface area contributed by atoms with Gasteiger partial charge in [0.2, 0.25) is 0 Å². The summed E-state index contributed by atoms with van der Waals surface area (Å²) in [6, 6.07) is -0.870. The largest absolute Gasteiger partial charge is 0.390 e. The molecule has 0 aromatic heterocycles. The van der Waals surface area contributed by atoms with Gasteiger partial charge >= 0.3 is 6.18 Å². The van der Waals surface area contributed by atoms with E-state index in [0.29, 0.717) is 0 Å². The van der Waals surface area contributed by atoms with E-state index in [1.165, 1.54) is 7.11 Å². The minimum Gasteiger partial charge on any atom is -0.384 e. The van der Waals surface area contributed by atoms with Gasteiger partial charge in [-0.05, 0) is 5.92 Å². The summed E-state index contributed by atoms with van der Waals surface area (Å²) in [5.41, 5.74) is 5.29. The fourth-order valence-electron chi connectivity index (χ4n) is 0.855. The maximum atomic E-state index is 11.8. The normalized spacial score (nSPS) is 17.5. The molecule has 0 aliphatic heterocycles. The Hall–Kier alpha value is -0.290. The molecule has 0 saturated carbocycles. The molecule has 0 spiro atoms. The second-order valence-corrected chi connectivity index (χ2v) is 2.92. The molecule has 0 aliphatic carbocycles. The van der Waals surface area contributed by atoms with Crippen molar-refractivity contribution in [1.29, 1.82) is 0 Å². The summed E-state index contributed by atoms with van der Waals surface area (Å²) in [5.74, 6) is -0.267. The highest BCUT2D eigenvalue weighted by atomic mass is 19.4. The van der Waals surface area contributed by atoms with Crippen molar-refractivity contribution >= 4 is 0 Å². The van der Waals surface area contributed by atoms with E-state index in [-0.39, 0.29) is 12.5 Å². The number of halogens is 3. The van der Waals surface area contributed by atoms with Crippen molar-refractivity contribution in [3.63, 3.8) is 0 Å². The first-order valence-electron chi connectivity index (χ1n) is 3.68. The van der Waals surface area contributed by atoms with Crippen LogP contribution in [0.4, 0.5) is 13.2 Å². The fourth-order valence-corrected chi connectivity index (χ4v) is 0.855. The van der Waals surface area contributed by atoms with E-state index < -0.39 is 18.6 Å². The van der Waals surface area contributed by atoms with Crippen LogP contribution < -0.4 is 5.73 Å². The molecule has 0 aromatic rings. The van der Waals surface area contributed by atoms with Crippen molar-refractivity contribution in [3.05, 3.63) is 0 Å². The summed E-state index contributed by atoms with van der Waals surface area (Å²) in [4.78, 5) is 0. The number of hydrogen-bond acceptors (Lipinski definition) is 2. The highest BCUT2D eigenvalue weighted by Crippen LogP contribution is 2.23. The second-order valence-electron chi connectivity index (χ2n) is 2.92. The molecule has 0 bridgehead atoms. The quantitative estimate of drug-likeness (QED) is 0.721. The molecule has 0 saturated heterocycles. The van der Waals surface area contributed by atoms with Gasteiger partial charge in [0.25, 0.3) is 0 Å². The topological polar surface area (TPSA) is 35.2 Å². The van der Waals surface area contributed by atoms with Gasteiger partial charge in [-0.1, -0.05) is 6.92 Å². The highest BCUT2D eigenvalue weighted by Gasteiger charge is 2.32. The van der Waals surface area contributed by atoms with Crippen LogP contribution >= 0.6 is 0 Å². The minimum absolute atomic E-state index is 0.261. The summed E-state index contributed by atoms with van der Waals surface area (Å²) in [5, 5.41) is 0. The van der Waals surface area contributed by atoms with Gasteiger partial charge in [0.1, 0.15) is 0 Å². The van der Waals surface area contributed by atoms with Crippen LogP contribution in [-0.4, -0.2) is 25.9 Å². The third-order valence-electron chi connectivity index (χ3n) is 1.63. The summed E-state index contributed by atoms with van der Waals surface area (Å²) in [6.45, 7) is 1.90. The lowest BCUT2D eigenvalue weighted by atomic mass is 10.0. The van der Waals surface area contributed by atoms with Crippen molar-refractivity contribution in [2.24, 2.45) is 11.7 Å². The van der Waals surface area contributed by atoms with E-state index in [4.69, 9.17) is 10.5 Å². The Bertz CT molecular complexity index is 126. The van der Waals surface area contributed by atoms with Crippen molar-refractivity contribution < 1.29 is 17.9 Å². The van der Waals surface area contributed by atoms with Crippen LogP contribution in [0.25, 0.3) is 0 Å².